The van der Waals surface area contributed by atoms with E-state index in [-0.39, 0.29) is 5.91 Å². The zero-order valence-corrected chi connectivity index (χ0v) is 21.2. The van der Waals surface area contributed by atoms with Gasteiger partial charge in [0.25, 0.3) is 0 Å². The minimum absolute atomic E-state index is 0.249. The molecule has 176 valence electrons. The smallest absolute Gasteiger partial charge is 0.222 e. The summed E-state index contributed by atoms with van der Waals surface area (Å²) in [6, 6.07) is 27.7. The third kappa shape index (κ3) is 3.82. The molecule has 2 aliphatic heterocycles. The van der Waals surface area contributed by atoms with Crippen LogP contribution in [0.3, 0.4) is 0 Å². The molecule has 1 amide bonds. The molecule has 4 aromatic rings. The lowest BCUT2D eigenvalue weighted by atomic mass is 9.79. The van der Waals surface area contributed by atoms with Crippen molar-refractivity contribution in [3.05, 3.63) is 112 Å². The Morgan fingerprint density at radius 3 is 2.43 bits per heavy atom. The van der Waals surface area contributed by atoms with Crippen LogP contribution in [0.1, 0.15) is 48.3 Å². The molecular formula is C30H28BrN3O. The van der Waals surface area contributed by atoms with Gasteiger partial charge in [-0.2, -0.15) is 0 Å². The maximum Gasteiger partial charge on any atom is 0.222 e. The summed E-state index contributed by atoms with van der Waals surface area (Å²) >= 11 is 3.58. The van der Waals surface area contributed by atoms with Gasteiger partial charge >= 0.3 is 0 Å². The molecule has 1 unspecified atom stereocenters. The largest absolute Gasteiger partial charge is 0.343 e. The predicted octanol–water partition coefficient (Wildman–Crippen LogP) is 6.60. The second-order valence-corrected chi connectivity index (χ2v) is 10.5. The number of hydrogen-bond acceptors (Lipinski definition) is 2. The molecule has 3 heterocycles. The van der Waals surface area contributed by atoms with Crippen molar-refractivity contribution in [3.63, 3.8) is 0 Å². The van der Waals surface area contributed by atoms with Gasteiger partial charge in [-0.05, 0) is 54.0 Å². The fourth-order valence-corrected chi connectivity index (χ4v) is 6.30. The van der Waals surface area contributed by atoms with E-state index in [0.717, 1.165) is 41.8 Å². The maximum atomic E-state index is 13.5. The van der Waals surface area contributed by atoms with Crippen LogP contribution in [0.4, 0.5) is 0 Å². The van der Waals surface area contributed by atoms with Crippen molar-refractivity contribution >= 4 is 21.8 Å². The number of imidazole rings is 1. The lowest BCUT2D eigenvalue weighted by molar-refractivity contribution is -0.132. The fourth-order valence-electron chi connectivity index (χ4n) is 6.03. The number of halogens is 1. The molecule has 1 saturated heterocycles. The number of fused-ring (bicyclic) bond motifs is 3. The number of piperidine rings is 1. The van der Waals surface area contributed by atoms with Crippen LogP contribution in [0.5, 0.6) is 0 Å². The molecular weight excluding hydrogens is 498 g/mol. The molecule has 0 N–H and O–H groups in total. The summed E-state index contributed by atoms with van der Waals surface area (Å²) in [5, 5.41) is 0. The quantitative estimate of drug-likeness (QED) is 0.294. The molecule has 6 rings (SSSR count). The first-order valence-electron chi connectivity index (χ1n) is 12.4. The van der Waals surface area contributed by atoms with E-state index in [2.05, 4.69) is 115 Å². The summed E-state index contributed by atoms with van der Waals surface area (Å²) in [4.78, 5) is 20.2. The Hall–Kier alpha value is -3.18. The average molecular weight is 526 g/mol. The molecule has 35 heavy (non-hydrogen) atoms. The topological polar surface area (TPSA) is 38.1 Å². The first-order chi connectivity index (χ1) is 17.2. The monoisotopic (exact) mass is 525 g/mol. The van der Waals surface area contributed by atoms with Gasteiger partial charge in [0.15, 0.2) is 0 Å². The van der Waals surface area contributed by atoms with Crippen molar-refractivity contribution in [2.24, 2.45) is 0 Å². The number of hydrogen-bond donors (Lipinski definition) is 0. The van der Waals surface area contributed by atoms with Gasteiger partial charge in [0.05, 0.1) is 5.54 Å². The third-order valence-corrected chi connectivity index (χ3v) is 8.34. The highest BCUT2D eigenvalue weighted by atomic mass is 79.9. The average Bonchev–Trinajstić information content (AvgIpc) is 3.50. The number of rotatable bonds is 5. The van der Waals surface area contributed by atoms with E-state index >= 15 is 0 Å². The Labute approximate surface area is 214 Å². The van der Waals surface area contributed by atoms with Gasteiger partial charge < -0.3 is 9.47 Å². The van der Waals surface area contributed by atoms with E-state index in [1.54, 1.807) is 0 Å². The molecule has 1 fully saturated rings. The summed E-state index contributed by atoms with van der Waals surface area (Å²) in [6.45, 7) is 1.66. The first-order valence-corrected chi connectivity index (χ1v) is 13.2. The minimum Gasteiger partial charge on any atom is -0.343 e. The molecule has 3 aromatic carbocycles. The highest BCUT2D eigenvalue weighted by Gasteiger charge is 2.45. The molecule has 1 atom stereocenters. The van der Waals surface area contributed by atoms with Crippen LogP contribution < -0.4 is 0 Å². The highest BCUT2D eigenvalue weighted by molar-refractivity contribution is 9.10. The van der Waals surface area contributed by atoms with Crippen LogP contribution in [0.25, 0.3) is 11.4 Å². The van der Waals surface area contributed by atoms with Crippen molar-refractivity contribution in [1.29, 1.82) is 0 Å². The van der Waals surface area contributed by atoms with Gasteiger partial charge in [-0.25, -0.2) is 4.98 Å². The van der Waals surface area contributed by atoms with Crippen LogP contribution in [0, 0.1) is 0 Å². The molecule has 2 aliphatic rings. The standard InChI is InChI=1S/C30H28BrN3O/c31-25-12-10-24(11-13-25)30(27-9-5-4-8-26(27)29-32-18-21-34(29)30)17-14-28(35)33-19-15-23(16-20-33)22-6-2-1-3-7-22/h1-13,18,21,23H,14-17,19-20H2. The van der Waals surface area contributed by atoms with Crippen molar-refractivity contribution in [3.8, 4) is 11.4 Å². The Morgan fingerprint density at radius 2 is 1.66 bits per heavy atom. The summed E-state index contributed by atoms with van der Waals surface area (Å²) in [6.07, 6.45) is 7.19. The molecule has 4 nitrogen and oxygen atoms in total. The number of benzene rings is 3. The third-order valence-electron chi connectivity index (χ3n) is 7.81. The van der Waals surface area contributed by atoms with E-state index in [9.17, 15) is 4.79 Å². The highest BCUT2D eigenvalue weighted by Crippen LogP contribution is 2.49. The van der Waals surface area contributed by atoms with E-state index in [4.69, 9.17) is 0 Å². The van der Waals surface area contributed by atoms with E-state index in [1.165, 1.54) is 16.7 Å². The minimum atomic E-state index is -0.443. The Morgan fingerprint density at radius 1 is 0.943 bits per heavy atom. The number of carbonyl (C=O) groups excluding carboxylic acids is 1. The van der Waals surface area contributed by atoms with Crippen LogP contribution in [0.15, 0.2) is 95.7 Å². The number of aromatic nitrogens is 2. The van der Waals surface area contributed by atoms with Gasteiger partial charge in [0, 0.05) is 41.9 Å². The fraction of sp³-hybridized carbons (Fsp3) is 0.267. The lowest BCUT2D eigenvalue weighted by Gasteiger charge is -2.36. The lowest BCUT2D eigenvalue weighted by Crippen LogP contribution is -2.40. The van der Waals surface area contributed by atoms with Crippen molar-refractivity contribution in [1.82, 2.24) is 14.5 Å². The Bertz CT molecular complexity index is 1340. The summed E-state index contributed by atoms with van der Waals surface area (Å²) in [5.41, 5.74) is 4.50. The number of amides is 1. The van der Waals surface area contributed by atoms with E-state index in [1.807, 2.05) is 6.20 Å². The maximum absolute atomic E-state index is 13.5. The van der Waals surface area contributed by atoms with Gasteiger partial charge in [-0.15, -0.1) is 0 Å². The molecule has 0 saturated carbocycles. The number of carbonyl (C=O) groups is 1. The molecule has 0 spiro atoms. The van der Waals surface area contributed by atoms with Crippen LogP contribution >= 0.6 is 15.9 Å². The molecule has 0 aliphatic carbocycles. The molecule has 5 heteroatoms. The number of likely N-dealkylation sites (tertiary alicyclic amines) is 1. The molecule has 1 aromatic heterocycles. The normalized spacial score (nSPS) is 19.4. The zero-order valence-electron chi connectivity index (χ0n) is 19.6. The van der Waals surface area contributed by atoms with Crippen molar-refractivity contribution in [2.75, 3.05) is 13.1 Å². The summed E-state index contributed by atoms with van der Waals surface area (Å²) in [5.74, 6) is 1.77. The zero-order chi connectivity index (χ0) is 23.8. The van der Waals surface area contributed by atoms with Gasteiger partial charge in [-0.1, -0.05) is 82.7 Å². The summed E-state index contributed by atoms with van der Waals surface area (Å²) < 4.78 is 3.32. The first kappa shape index (κ1) is 22.3. The van der Waals surface area contributed by atoms with Gasteiger partial charge in [0.2, 0.25) is 5.91 Å². The van der Waals surface area contributed by atoms with Gasteiger partial charge in [-0.3, -0.25) is 4.79 Å². The molecule has 0 radical (unpaired) electrons. The number of nitrogens with zero attached hydrogens (tertiary/aromatic N) is 3. The second-order valence-electron chi connectivity index (χ2n) is 9.60. The molecule has 0 bridgehead atoms. The van der Waals surface area contributed by atoms with Crippen molar-refractivity contribution < 1.29 is 4.79 Å². The van der Waals surface area contributed by atoms with Crippen LogP contribution in [-0.4, -0.2) is 33.4 Å². The summed E-state index contributed by atoms with van der Waals surface area (Å²) in [7, 11) is 0. The van der Waals surface area contributed by atoms with E-state index in [0.29, 0.717) is 18.8 Å². The van der Waals surface area contributed by atoms with Crippen molar-refractivity contribution in [2.45, 2.75) is 37.1 Å². The Balaban J connectivity index is 1.26. The van der Waals surface area contributed by atoms with Crippen LogP contribution in [-0.2, 0) is 10.3 Å². The second kappa shape index (κ2) is 9.12. The van der Waals surface area contributed by atoms with Gasteiger partial charge in [0.1, 0.15) is 5.82 Å². The van der Waals surface area contributed by atoms with E-state index < -0.39 is 5.54 Å². The van der Waals surface area contributed by atoms with Crippen LogP contribution in [0.2, 0.25) is 0 Å². The SMILES string of the molecule is O=C(CCC1(c2ccc(Br)cc2)c2ccccc2-c2nccn21)N1CCC(c2ccccc2)CC1. The Kier molecular flexibility index (Phi) is 5.81. The predicted molar refractivity (Wildman–Crippen MR) is 142 cm³/mol.